The van der Waals surface area contributed by atoms with E-state index < -0.39 is 0 Å². The zero-order chi connectivity index (χ0) is 34.8. The highest BCUT2D eigenvalue weighted by atomic mass is 16.3. The average molecular weight is 683 g/mol. The van der Waals surface area contributed by atoms with Crippen molar-refractivity contribution in [3.8, 4) is 23.0 Å². The smallest absolute Gasteiger partial charge is 0.247 e. The van der Waals surface area contributed by atoms with Crippen molar-refractivity contribution in [2.75, 3.05) is 0 Å². The highest BCUT2D eigenvalue weighted by Gasteiger charge is 2.38. The van der Waals surface area contributed by atoms with Crippen LogP contribution in [-0.4, -0.2) is 50.3 Å². The summed E-state index contributed by atoms with van der Waals surface area (Å²) in [5.41, 5.74) is 10.6. The fraction of sp³-hybridized carbons (Fsp3) is 0.100. The molecule has 0 saturated carbocycles. The van der Waals surface area contributed by atoms with E-state index in [0.717, 1.165) is 52.4 Å². The molecule has 0 bridgehead atoms. The van der Waals surface area contributed by atoms with Gasteiger partial charge in [0.15, 0.2) is 12.1 Å². The molecular formula is C40H30N10O2. The van der Waals surface area contributed by atoms with Crippen LogP contribution in [0.1, 0.15) is 44.8 Å². The Labute approximate surface area is 297 Å². The van der Waals surface area contributed by atoms with Gasteiger partial charge in [-0.25, -0.2) is 9.97 Å². The lowest BCUT2D eigenvalue weighted by molar-refractivity contribution is 0.558. The molecule has 8 aromatic heterocycles. The van der Waals surface area contributed by atoms with Crippen molar-refractivity contribution < 1.29 is 8.83 Å². The second kappa shape index (κ2) is 13.0. The SMILES string of the molecule is C1=CC(c2ccncc2)(c2ccncc2)Cc2[nH]nc(-c3cocn3)c21.C1=CC(c2ccncc2)(c2ccncc2)Cc2[nH]nc(-c3ncco3)c21. The first-order valence-corrected chi connectivity index (χ1v) is 16.7. The molecule has 0 saturated heterocycles. The lowest BCUT2D eigenvalue weighted by atomic mass is 9.69. The largest absolute Gasteiger partial charge is 0.451 e. The van der Waals surface area contributed by atoms with Crippen LogP contribution in [0.3, 0.4) is 0 Å². The zero-order valence-electron chi connectivity index (χ0n) is 27.7. The molecule has 0 atom stereocenters. The predicted molar refractivity (Wildman–Crippen MR) is 192 cm³/mol. The standard InChI is InChI=1S/2C20H15N5O/c1-6-20(14-2-7-21-8-3-14,15-4-9-22-10-5-15)11-17-16(1)19(25-24-17)18-12-26-13-23-18;1-6-20(14-2-7-21-8-3-14,15-4-9-22-10-5-15)13-17-16(1)18(25-24-17)19-23-11-12-26-19/h1-10,12-13H,11H2,(H,24,25);1-12H,13H2,(H,24,25). The van der Waals surface area contributed by atoms with Crippen molar-refractivity contribution in [2.24, 2.45) is 0 Å². The van der Waals surface area contributed by atoms with Gasteiger partial charge in [-0.15, -0.1) is 0 Å². The molecule has 0 radical (unpaired) electrons. The van der Waals surface area contributed by atoms with E-state index in [1.165, 1.54) is 28.6 Å². The number of nitrogens with one attached hydrogen (secondary N) is 2. The van der Waals surface area contributed by atoms with Crippen LogP contribution in [0.15, 0.2) is 144 Å². The highest BCUT2D eigenvalue weighted by molar-refractivity contribution is 5.75. The summed E-state index contributed by atoms with van der Waals surface area (Å²) in [5.74, 6) is 0.521. The molecule has 0 aliphatic heterocycles. The third-order valence-electron chi connectivity index (χ3n) is 9.84. The molecule has 12 heteroatoms. The van der Waals surface area contributed by atoms with E-state index in [9.17, 15) is 0 Å². The molecule has 2 N–H and O–H groups in total. The highest BCUT2D eigenvalue weighted by Crippen LogP contribution is 2.44. The Bertz CT molecular complexity index is 2200. The van der Waals surface area contributed by atoms with Crippen molar-refractivity contribution >= 4 is 12.2 Å². The van der Waals surface area contributed by atoms with Crippen LogP contribution < -0.4 is 0 Å². The molecule has 252 valence electrons. The summed E-state index contributed by atoms with van der Waals surface area (Å²) in [4.78, 5) is 25.1. The average Bonchev–Trinajstić information content (AvgIpc) is 4.07. The first kappa shape index (κ1) is 30.9. The van der Waals surface area contributed by atoms with E-state index in [2.05, 4.69) is 123 Å². The number of hydrogen-bond donors (Lipinski definition) is 2. The molecule has 10 rings (SSSR count). The van der Waals surface area contributed by atoms with E-state index in [0.29, 0.717) is 5.89 Å². The van der Waals surface area contributed by atoms with Crippen LogP contribution in [-0.2, 0) is 23.7 Å². The molecule has 8 heterocycles. The third-order valence-corrected chi connectivity index (χ3v) is 9.84. The summed E-state index contributed by atoms with van der Waals surface area (Å²) in [7, 11) is 0. The zero-order valence-corrected chi connectivity index (χ0v) is 27.7. The van der Waals surface area contributed by atoms with Crippen molar-refractivity contribution in [1.29, 1.82) is 0 Å². The molecule has 2 aliphatic carbocycles. The molecule has 0 spiro atoms. The normalized spacial score (nSPS) is 14.9. The minimum Gasteiger partial charge on any atom is -0.451 e. The van der Waals surface area contributed by atoms with Crippen molar-refractivity contribution in [1.82, 2.24) is 50.3 Å². The Morgan fingerprint density at radius 2 is 1.00 bits per heavy atom. The second-order valence-electron chi connectivity index (χ2n) is 12.5. The number of fused-ring (bicyclic) bond motifs is 2. The minimum atomic E-state index is -0.306. The van der Waals surface area contributed by atoms with Gasteiger partial charge in [-0.2, -0.15) is 10.2 Å². The molecule has 8 aromatic rings. The summed E-state index contributed by atoms with van der Waals surface area (Å²) in [6, 6.07) is 16.5. The molecule has 12 nitrogen and oxygen atoms in total. The molecule has 0 unspecified atom stereocenters. The van der Waals surface area contributed by atoms with Crippen LogP contribution in [0.5, 0.6) is 0 Å². The summed E-state index contributed by atoms with van der Waals surface area (Å²) >= 11 is 0. The summed E-state index contributed by atoms with van der Waals surface area (Å²) in [6.45, 7) is 0. The Balaban J connectivity index is 0.000000138. The number of rotatable bonds is 6. The maximum Gasteiger partial charge on any atom is 0.247 e. The van der Waals surface area contributed by atoms with Gasteiger partial charge in [0.05, 0.1) is 6.20 Å². The van der Waals surface area contributed by atoms with E-state index >= 15 is 0 Å². The van der Waals surface area contributed by atoms with Gasteiger partial charge in [0.1, 0.15) is 23.9 Å². The minimum absolute atomic E-state index is 0.299. The molecule has 0 amide bonds. The van der Waals surface area contributed by atoms with Gasteiger partial charge >= 0.3 is 0 Å². The lowest BCUT2D eigenvalue weighted by Crippen LogP contribution is -2.30. The Morgan fingerprint density at radius 3 is 1.42 bits per heavy atom. The van der Waals surface area contributed by atoms with Gasteiger partial charge in [0.25, 0.3) is 0 Å². The first-order valence-electron chi connectivity index (χ1n) is 16.7. The number of allylic oxidation sites excluding steroid dienone is 2. The van der Waals surface area contributed by atoms with Crippen LogP contribution in [0, 0.1) is 0 Å². The fourth-order valence-corrected chi connectivity index (χ4v) is 7.28. The van der Waals surface area contributed by atoms with Crippen molar-refractivity contribution in [2.45, 2.75) is 23.7 Å². The quantitative estimate of drug-likeness (QED) is 0.190. The van der Waals surface area contributed by atoms with Gasteiger partial charge in [-0.05, 0) is 70.8 Å². The van der Waals surface area contributed by atoms with E-state index in [1.54, 1.807) is 18.7 Å². The molecule has 0 fully saturated rings. The van der Waals surface area contributed by atoms with E-state index in [-0.39, 0.29) is 10.8 Å². The number of H-pyrrole nitrogens is 2. The van der Waals surface area contributed by atoms with Crippen molar-refractivity contribution in [3.63, 3.8) is 0 Å². The van der Waals surface area contributed by atoms with Gasteiger partial charge < -0.3 is 8.83 Å². The first-order chi connectivity index (χ1) is 25.7. The molecular weight excluding hydrogens is 653 g/mol. The molecule has 2 aliphatic rings. The van der Waals surface area contributed by atoms with Crippen LogP contribution >= 0.6 is 0 Å². The van der Waals surface area contributed by atoms with Gasteiger partial charge in [-0.1, -0.05) is 24.3 Å². The van der Waals surface area contributed by atoms with Crippen LogP contribution in [0.4, 0.5) is 0 Å². The Morgan fingerprint density at radius 1 is 0.538 bits per heavy atom. The van der Waals surface area contributed by atoms with Crippen molar-refractivity contribution in [3.05, 3.63) is 180 Å². The van der Waals surface area contributed by atoms with Gasteiger partial charge in [0, 0.05) is 95.8 Å². The van der Waals surface area contributed by atoms with Gasteiger partial charge in [-0.3, -0.25) is 30.1 Å². The number of pyridine rings is 4. The number of hydrogen-bond acceptors (Lipinski definition) is 10. The summed E-state index contributed by atoms with van der Waals surface area (Å²) < 4.78 is 10.5. The summed E-state index contributed by atoms with van der Waals surface area (Å²) in [5, 5.41) is 15.3. The molecule has 52 heavy (non-hydrogen) atoms. The third kappa shape index (κ3) is 5.33. The number of aromatic amines is 2. The maximum atomic E-state index is 5.42. The fourth-order valence-electron chi connectivity index (χ4n) is 7.28. The Hall–Kier alpha value is -7.08. The number of nitrogens with zero attached hydrogens (tertiary/aromatic N) is 8. The maximum absolute atomic E-state index is 5.42. The Kier molecular flexibility index (Phi) is 7.73. The van der Waals surface area contributed by atoms with E-state index in [1.807, 2.05) is 49.6 Å². The molecule has 0 aromatic carbocycles. The summed E-state index contributed by atoms with van der Waals surface area (Å²) in [6.07, 6.45) is 31.0. The van der Waals surface area contributed by atoms with Crippen LogP contribution in [0.25, 0.3) is 35.1 Å². The second-order valence-corrected chi connectivity index (χ2v) is 12.5. The topological polar surface area (TPSA) is 161 Å². The van der Waals surface area contributed by atoms with E-state index in [4.69, 9.17) is 8.83 Å². The predicted octanol–water partition coefficient (Wildman–Crippen LogP) is 6.82. The van der Waals surface area contributed by atoms with Gasteiger partial charge in [0.2, 0.25) is 5.89 Å². The number of aromatic nitrogens is 10. The monoisotopic (exact) mass is 682 g/mol. The van der Waals surface area contributed by atoms with Crippen LogP contribution in [0.2, 0.25) is 0 Å². The number of oxazole rings is 2. The lowest BCUT2D eigenvalue weighted by Gasteiger charge is -2.34.